The Hall–Kier alpha value is -2.34. The smallest absolute Gasteiger partial charge is 0.296 e. The van der Waals surface area contributed by atoms with E-state index in [0.29, 0.717) is 22.8 Å². The van der Waals surface area contributed by atoms with E-state index in [0.717, 1.165) is 11.5 Å². The molecule has 0 radical (unpaired) electrons. The standard InChI is InChI=1S/C14H13ClN4O2/c1-18-4-3-16-12(18)7-19(2)11-6-10-8(5-9(11)15)13(20)14(21)17-10/h3-6H,7H2,1-2H3,(H,17,20,21). The Morgan fingerprint density at radius 2 is 2.14 bits per heavy atom. The minimum Gasteiger partial charge on any atom is -0.366 e. The molecule has 0 saturated heterocycles. The highest BCUT2D eigenvalue weighted by atomic mass is 35.5. The number of fused-ring (bicyclic) bond motifs is 1. The van der Waals surface area contributed by atoms with Gasteiger partial charge in [0.05, 0.1) is 28.5 Å². The van der Waals surface area contributed by atoms with E-state index >= 15 is 0 Å². The fourth-order valence-electron chi connectivity index (χ4n) is 2.29. The van der Waals surface area contributed by atoms with Crippen LogP contribution in [0, 0.1) is 0 Å². The number of aromatic nitrogens is 2. The molecule has 21 heavy (non-hydrogen) atoms. The van der Waals surface area contributed by atoms with Crippen LogP contribution in [0.4, 0.5) is 11.4 Å². The molecule has 0 unspecified atom stereocenters. The summed E-state index contributed by atoms with van der Waals surface area (Å²) < 4.78 is 1.92. The summed E-state index contributed by atoms with van der Waals surface area (Å²) in [5.41, 5.74) is 1.55. The zero-order chi connectivity index (χ0) is 15.1. The average Bonchev–Trinajstić information content (AvgIpc) is 2.95. The highest BCUT2D eigenvalue weighted by Gasteiger charge is 2.29. The van der Waals surface area contributed by atoms with Crippen molar-refractivity contribution < 1.29 is 9.59 Å². The maximum Gasteiger partial charge on any atom is 0.296 e. The predicted octanol–water partition coefficient (Wildman–Crippen LogP) is 1.84. The zero-order valence-corrected chi connectivity index (χ0v) is 12.3. The number of carbonyl (C=O) groups excluding carboxylic acids is 2. The number of hydrogen-bond acceptors (Lipinski definition) is 4. The second kappa shape index (κ2) is 4.89. The number of halogens is 1. The van der Waals surface area contributed by atoms with Crippen LogP contribution in [0.2, 0.25) is 5.02 Å². The van der Waals surface area contributed by atoms with Gasteiger partial charge in [0.15, 0.2) is 0 Å². The van der Waals surface area contributed by atoms with Gasteiger partial charge in [-0.15, -0.1) is 0 Å². The van der Waals surface area contributed by atoms with Crippen LogP contribution in [0.25, 0.3) is 0 Å². The van der Waals surface area contributed by atoms with Gasteiger partial charge in [0.1, 0.15) is 5.82 Å². The van der Waals surface area contributed by atoms with E-state index in [4.69, 9.17) is 11.6 Å². The normalized spacial score (nSPS) is 13.3. The molecule has 1 aromatic carbocycles. The van der Waals surface area contributed by atoms with Gasteiger partial charge >= 0.3 is 0 Å². The van der Waals surface area contributed by atoms with Gasteiger partial charge in [0.25, 0.3) is 11.7 Å². The minimum absolute atomic E-state index is 0.319. The number of carbonyl (C=O) groups is 2. The highest BCUT2D eigenvalue weighted by Crippen LogP contribution is 2.35. The summed E-state index contributed by atoms with van der Waals surface area (Å²) in [4.78, 5) is 29.2. The molecule has 0 bridgehead atoms. The molecular weight excluding hydrogens is 292 g/mol. The maximum absolute atomic E-state index is 11.6. The number of amides is 1. The van der Waals surface area contributed by atoms with Crippen molar-refractivity contribution in [1.29, 1.82) is 0 Å². The molecule has 0 aliphatic carbocycles. The number of hydrogen-bond donors (Lipinski definition) is 1. The van der Waals surface area contributed by atoms with Gasteiger partial charge in [-0.05, 0) is 12.1 Å². The number of benzene rings is 1. The van der Waals surface area contributed by atoms with Crippen LogP contribution < -0.4 is 10.2 Å². The Morgan fingerprint density at radius 1 is 1.38 bits per heavy atom. The topological polar surface area (TPSA) is 67.2 Å². The summed E-state index contributed by atoms with van der Waals surface area (Å²) in [6.45, 7) is 0.559. The molecule has 0 atom stereocenters. The number of nitrogens with one attached hydrogen (secondary N) is 1. The van der Waals surface area contributed by atoms with E-state index in [2.05, 4.69) is 10.3 Å². The lowest BCUT2D eigenvalue weighted by molar-refractivity contribution is -0.112. The Labute approximate surface area is 126 Å². The zero-order valence-electron chi connectivity index (χ0n) is 11.6. The van der Waals surface area contributed by atoms with Crippen LogP contribution in [-0.2, 0) is 18.4 Å². The van der Waals surface area contributed by atoms with Gasteiger partial charge in [0.2, 0.25) is 0 Å². The Bertz CT molecular complexity index is 753. The molecule has 108 valence electrons. The van der Waals surface area contributed by atoms with Crippen LogP contribution >= 0.6 is 11.6 Å². The molecule has 0 spiro atoms. The summed E-state index contributed by atoms with van der Waals surface area (Å²) in [6.07, 6.45) is 3.60. The molecule has 0 fully saturated rings. The Kier molecular flexibility index (Phi) is 3.17. The molecule has 1 N–H and O–H groups in total. The van der Waals surface area contributed by atoms with E-state index in [9.17, 15) is 9.59 Å². The fraction of sp³-hybridized carbons (Fsp3) is 0.214. The summed E-state index contributed by atoms with van der Waals surface area (Å²) in [5.74, 6) is -0.288. The van der Waals surface area contributed by atoms with Crippen molar-refractivity contribution in [2.45, 2.75) is 6.54 Å². The van der Waals surface area contributed by atoms with Crippen molar-refractivity contribution in [3.05, 3.63) is 40.9 Å². The third kappa shape index (κ3) is 2.27. The van der Waals surface area contributed by atoms with Crippen molar-refractivity contribution in [3.8, 4) is 0 Å². The second-order valence-electron chi connectivity index (χ2n) is 4.94. The molecule has 6 nitrogen and oxygen atoms in total. The molecular formula is C14H13ClN4O2. The van der Waals surface area contributed by atoms with E-state index in [-0.39, 0.29) is 0 Å². The molecule has 1 aliphatic heterocycles. The van der Waals surface area contributed by atoms with Gasteiger partial charge in [-0.2, -0.15) is 0 Å². The number of ketones is 1. The Morgan fingerprint density at radius 3 is 2.81 bits per heavy atom. The number of aryl methyl sites for hydroxylation is 1. The average molecular weight is 305 g/mol. The number of nitrogens with zero attached hydrogens (tertiary/aromatic N) is 3. The molecule has 2 heterocycles. The monoisotopic (exact) mass is 304 g/mol. The lowest BCUT2D eigenvalue weighted by Gasteiger charge is -2.21. The van der Waals surface area contributed by atoms with E-state index in [1.165, 1.54) is 6.07 Å². The molecule has 2 aromatic rings. The van der Waals surface area contributed by atoms with Gasteiger partial charge in [-0.25, -0.2) is 4.98 Å². The highest BCUT2D eigenvalue weighted by molar-refractivity contribution is 6.52. The third-order valence-electron chi connectivity index (χ3n) is 3.50. The first-order valence-corrected chi connectivity index (χ1v) is 6.71. The number of rotatable bonds is 3. The second-order valence-corrected chi connectivity index (χ2v) is 5.35. The molecule has 1 aromatic heterocycles. The van der Waals surface area contributed by atoms with Crippen molar-refractivity contribution in [2.75, 3.05) is 17.3 Å². The lowest BCUT2D eigenvalue weighted by Crippen LogP contribution is -2.19. The van der Waals surface area contributed by atoms with Crippen molar-refractivity contribution >= 4 is 34.7 Å². The number of imidazole rings is 1. The fourth-order valence-corrected chi connectivity index (χ4v) is 2.60. The first kappa shape index (κ1) is 13.6. The van der Waals surface area contributed by atoms with Crippen LogP contribution in [0.15, 0.2) is 24.5 Å². The van der Waals surface area contributed by atoms with Crippen molar-refractivity contribution in [1.82, 2.24) is 9.55 Å². The van der Waals surface area contributed by atoms with E-state index < -0.39 is 11.7 Å². The van der Waals surface area contributed by atoms with Crippen LogP contribution in [0.3, 0.4) is 0 Å². The SMILES string of the molecule is CN(Cc1nccn1C)c1cc2c(cc1Cl)C(=O)C(=O)N2. The quantitative estimate of drug-likeness (QED) is 0.879. The van der Waals surface area contributed by atoms with Crippen LogP contribution in [0.1, 0.15) is 16.2 Å². The molecule has 3 rings (SSSR count). The first-order chi connectivity index (χ1) is 9.97. The summed E-state index contributed by atoms with van der Waals surface area (Å²) >= 11 is 6.24. The Balaban J connectivity index is 1.93. The molecule has 0 saturated carbocycles. The summed E-state index contributed by atoms with van der Waals surface area (Å²) in [5, 5.41) is 2.97. The summed E-state index contributed by atoms with van der Waals surface area (Å²) in [6, 6.07) is 3.24. The molecule has 7 heteroatoms. The van der Waals surface area contributed by atoms with Gasteiger partial charge in [-0.1, -0.05) is 11.6 Å². The van der Waals surface area contributed by atoms with Gasteiger partial charge in [-0.3, -0.25) is 9.59 Å². The van der Waals surface area contributed by atoms with Crippen molar-refractivity contribution in [3.63, 3.8) is 0 Å². The van der Waals surface area contributed by atoms with Gasteiger partial charge < -0.3 is 14.8 Å². The van der Waals surface area contributed by atoms with Gasteiger partial charge in [0, 0.05) is 26.5 Å². The largest absolute Gasteiger partial charge is 0.366 e. The molecule has 1 amide bonds. The molecule has 1 aliphatic rings. The predicted molar refractivity (Wildman–Crippen MR) is 79.7 cm³/mol. The van der Waals surface area contributed by atoms with E-state index in [1.54, 1.807) is 12.3 Å². The van der Waals surface area contributed by atoms with Crippen LogP contribution in [0.5, 0.6) is 0 Å². The minimum atomic E-state index is -0.620. The van der Waals surface area contributed by atoms with E-state index in [1.807, 2.05) is 29.8 Å². The maximum atomic E-state index is 11.6. The summed E-state index contributed by atoms with van der Waals surface area (Å²) in [7, 11) is 3.79. The number of Topliss-reactive ketones (excluding diaryl/α,β-unsaturated/α-hetero) is 1. The first-order valence-electron chi connectivity index (χ1n) is 6.34. The number of anilines is 2. The lowest BCUT2D eigenvalue weighted by atomic mass is 10.1. The van der Waals surface area contributed by atoms with Crippen LogP contribution in [-0.4, -0.2) is 28.3 Å². The third-order valence-corrected chi connectivity index (χ3v) is 3.80. The van der Waals surface area contributed by atoms with Crippen molar-refractivity contribution in [2.24, 2.45) is 7.05 Å².